The number of ether oxygens (including phenoxy) is 1. The molecule has 0 aliphatic rings. The summed E-state index contributed by atoms with van der Waals surface area (Å²) in [4.78, 5) is 12.6. The molecule has 5 nitrogen and oxygen atoms in total. The van der Waals surface area contributed by atoms with E-state index < -0.39 is 15.7 Å². The van der Waals surface area contributed by atoms with Crippen LogP contribution in [-0.4, -0.2) is 26.2 Å². The third kappa shape index (κ3) is 5.41. The molecule has 0 spiro atoms. The minimum atomic E-state index is -3.46. The van der Waals surface area contributed by atoms with Crippen LogP contribution in [0.1, 0.15) is 42.3 Å². The summed E-state index contributed by atoms with van der Waals surface area (Å²) in [5.41, 5.74) is 2.13. The number of hydrogen-bond acceptors (Lipinski definition) is 4. The molecule has 1 amide bonds. The maximum atomic E-state index is 12.5. The normalized spacial score (nSPS) is 11.5. The standard InChI is InChI=1S/C20H25NO4S/c1-4-26(23,24)19-11-6-5-10-18(19)20(22)21-13-16-8-7-9-17(12-16)14-25-15(2)3/h5-12,15H,4,13-14H2,1-3H3,(H,21,22). The van der Waals surface area contributed by atoms with Gasteiger partial charge in [0, 0.05) is 6.54 Å². The lowest BCUT2D eigenvalue weighted by atomic mass is 10.1. The van der Waals surface area contributed by atoms with E-state index >= 15 is 0 Å². The van der Waals surface area contributed by atoms with Crippen LogP contribution in [0.25, 0.3) is 0 Å². The van der Waals surface area contributed by atoms with Crippen LogP contribution in [0.3, 0.4) is 0 Å². The lowest BCUT2D eigenvalue weighted by Gasteiger charge is -2.11. The summed E-state index contributed by atoms with van der Waals surface area (Å²) in [5.74, 6) is -0.448. The molecular weight excluding hydrogens is 350 g/mol. The number of carbonyl (C=O) groups excluding carboxylic acids is 1. The molecule has 1 N–H and O–H groups in total. The van der Waals surface area contributed by atoms with Crippen molar-refractivity contribution >= 4 is 15.7 Å². The molecule has 6 heteroatoms. The van der Waals surface area contributed by atoms with Gasteiger partial charge in [-0.25, -0.2) is 8.42 Å². The van der Waals surface area contributed by atoms with Crippen molar-refractivity contribution in [2.45, 2.75) is 44.9 Å². The first kappa shape index (κ1) is 20.1. The van der Waals surface area contributed by atoms with Gasteiger partial charge in [-0.2, -0.15) is 0 Å². The highest BCUT2D eigenvalue weighted by molar-refractivity contribution is 7.91. The highest BCUT2D eigenvalue weighted by atomic mass is 32.2. The van der Waals surface area contributed by atoms with E-state index in [1.807, 2.05) is 38.1 Å². The van der Waals surface area contributed by atoms with Crippen LogP contribution in [-0.2, 0) is 27.7 Å². The van der Waals surface area contributed by atoms with Gasteiger partial charge in [-0.1, -0.05) is 43.3 Å². The predicted molar refractivity (Wildman–Crippen MR) is 102 cm³/mol. The quantitative estimate of drug-likeness (QED) is 0.768. The highest BCUT2D eigenvalue weighted by Crippen LogP contribution is 2.17. The molecule has 140 valence electrons. The molecule has 0 atom stereocenters. The largest absolute Gasteiger partial charge is 0.374 e. The summed E-state index contributed by atoms with van der Waals surface area (Å²) >= 11 is 0. The van der Waals surface area contributed by atoms with Gasteiger partial charge in [-0.05, 0) is 37.1 Å². The second kappa shape index (κ2) is 8.96. The fourth-order valence-electron chi connectivity index (χ4n) is 2.45. The fourth-order valence-corrected chi connectivity index (χ4v) is 3.54. The zero-order valence-corrected chi connectivity index (χ0v) is 16.2. The van der Waals surface area contributed by atoms with Crippen molar-refractivity contribution in [3.63, 3.8) is 0 Å². The third-order valence-electron chi connectivity index (χ3n) is 3.87. The summed E-state index contributed by atoms with van der Waals surface area (Å²) in [7, 11) is -3.46. The smallest absolute Gasteiger partial charge is 0.252 e. The molecule has 0 unspecified atom stereocenters. The topological polar surface area (TPSA) is 72.5 Å². The van der Waals surface area contributed by atoms with E-state index in [0.717, 1.165) is 11.1 Å². The number of hydrogen-bond donors (Lipinski definition) is 1. The Morgan fingerprint density at radius 2 is 1.77 bits per heavy atom. The van der Waals surface area contributed by atoms with Gasteiger partial charge in [0.05, 0.1) is 28.9 Å². The van der Waals surface area contributed by atoms with Crippen molar-refractivity contribution in [3.8, 4) is 0 Å². The zero-order valence-electron chi connectivity index (χ0n) is 15.4. The summed E-state index contributed by atoms with van der Waals surface area (Å²) in [6.07, 6.45) is 0.148. The average Bonchev–Trinajstić information content (AvgIpc) is 2.64. The highest BCUT2D eigenvalue weighted by Gasteiger charge is 2.20. The molecule has 0 aliphatic carbocycles. The Morgan fingerprint density at radius 3 is 2.46 bits per heavy atom. The average molecular weight is 375 g/mol. The Bertz CT molecular complexity index is 860. The number of benzene rings is 2. The Labute approximate surface area is 155 Å². The van der Waals surface area contributed by atoms with E-state index in [1.54, 1.807) is 19.1 Å². The first-order valence-electron chi connectivity index (χ1n) is 8.63. The van der Waals surface area contributed by atoms with Gasteiger partial charge in [0.15, 0.2) is 9.84 Å². The molecular formula is C20H25NO4S. The lowest BCUT2D eigenvalue weighted by molar-refractivity contribution is 0.0657. The van der Waals surface area contributed by atoms with Gasteiger partial charge >= 0.3 is 0 Å². The van der Waals surface area contributed by atoms with Crippen molar-refractivity contribution in [2.75, 3.05) is 5.75 Å². The van der Waals surface area contributed by atoms with Gasteiger partial charge in [-0.3, -0.25) is 4.79 Å². The second-order valence-corrected chi connectivity index (χ2v) is 8.51. The van der Waals surface area contributed by atoms with Crippen LogP contribution in [0.15, 0.2) is 53.4 Å². The Morgan fingerprint density at radius 1 is 1.08 bits per heavy atom. The van der Waals surface area contributed by atoms with Crippen LogP contribution in [0.5, 0.6) is 0 Å². The van der Waals surface area contributed by atoms with Crippen molar-refractivity contribution in [3.05, 3.63) is 65.2 Å². The van der Waals surface area contributed by atoms with Crippen molar-refractivity contribution in [1.82, 2.24) is 5.32 Å². The summed E-state index contributed by atoms with van der Waals surface area (Å²) in [5, 5.41) is 2.80. The molecule has 0 aromatic heterocycles. The third-order valence-corrected chi connectivity index (χ3v) is 5.66. The van der Waals surface area contributed by atoms with E-state index in [9.17, 15) is 13.2 Å². The van der Waals surface area contributed by atoms with E-state index in [0.29, 0.717) is 13.2 Å². The maximum absolute atomic E-state index is 12.5. The first-order valence-corrected chi connectivity index (χ1v) is 10.3. The van der Waals surface area contributed by atoms with Crippen LogP contribution >= 0.6 is 0 Å². The number of carbonyl (C=O) groups is 1. The SMILES string of the molecule is CCS(=O)(=O)c1ccccc1C(=O)NCc1cccc(COC(C)C)c1. The Hall–Kier alpha value is -2.18. The molecule has 0 saturated carbocycles. The molecule has 0 radical (unpaired) electrons. The number of sulfone groups is 1. The minimum Gasteiger partial charge on any atom is -0.374 e. The summed E-state index contributed by atoms with van der Waals surface area (Å²) in [6.45, 7) is 6.35. The monoisotopic (exact) mass is 375 g/mol. The van der Waals surface area contributed by atoms with Crippen LogP contribution < -0.4 is 5.32 Å². The minimum absolute atomic E-state index is 0.0464. The van der Waals surface area contributed by atoms with E-state index in [-0.39, 0.29) is 22.3 Å². The number of rotatable bonds is 8. The van der Waals surface area contributed by atoms with Gasteiger partial charge in [0.25, 0.3) is 5.91 Å². The maximum Gasteiger partial charge on any atom is 0.252 e. The summed E-state index contributed by atoms with van der Waals surface area (Å²) < 4.78 is 29.9. The lowest BCUT2D eigenvalue weighted by Crippen LogP contribution is -2.25. The number of nitrogens with one attached hydrogen (secondary N) is 1. The molecule has 2 rings (SSSR count). The van der Waals surface area contributed by atoms with Gasteiger partial charge < -0.3 is 10.1 Å². The first-order chi connectivity index (χ1) is 12.3. The molecule has 26 heavy (non-hydrogen) atoms. The van der Waals surface area contributed by atoms with Crippen LogP contribution in [0.2, 0.25) is 0 Å². The van der Waals surface area contributed by atoms with E-state index in [1.165, 1.54) is 12.1 Å². The van der Waals surface area contributed by atoms with Gasteiger partial charge in [0.1, 0.15) is 0 Å². The van der Waals surface area contributed by atoms with Crippen molar-refractivity contribution < 1.29 is 17.9 Å². The molecule has 2 aromatic carbocycles. The zero-order chi connectivity index (χ0) is 19.2. The molecule has 0 heterocycles. The molecule has 0 saturated heterocycles. The molecule has 0 fully saturated rings. The van der Waals surface area contributed by atoms with Crippen molar-refractivity contribution in [2.24, 2.45) is 0 Å². The number of amides is 1. The second-order valence-electron chi connectivity index (χ2n) is 6.26. The van der Waals surface area contributed by atoms with Crippen LogP contribution in [0, 0.1) is 0 Å². The Kier molecular flexibility index (Phi) is 6.94. The van der Waals surface area contributed by atoms with Crippen LogP contribution in [0.4, 0.5) is 0 Å². The molecule has 2 aromatic rings. The van der Waals surface area contributed by atoms with Crippen molar-refractivity contribution in [1.29, 1.82) is 0 Å². The van der Waals surface area contributed by atoms with E-state index in [4.69, 9.17) is 4.74 Å². The Balaban J connectivity index is 2.09. The van der Waals surface area contributed by atoms with Gasteiger partial charge in [-0.15, -0.1) is 0 Å². The molecule has 0 aliphatic heterocycles. The van der Waals surface area contributed by atoms with Gasteiger partial charge in [0.2, 0.25) is 0 Å². The fraction of sp³-hybridized carbons (Fsp3) is 0.350. The predicted octanol–water partition coefficient (Wildman–Crippen LogP) is 3.34. The molecule has 0 bridgehead atoms. The van der Waals surface area contributed by atoms with E-state index in [2.05, 4.69) is 5.32 Å². The summed E-state index contributed by atoms with van der Waals surface area (Å²) in [6, 6.07) is 14.0.